The van der Waals surface area contributed by atoms with Crippen LogP contribution >= 0.6 is 11.3 Å². The normalized spacial score (nSPS) is 17.0. The fourth-order valence-electron chi connectivity index (χ4n) is 3.07. The summed E-state index contributed by atoms with van der Waals surface area (Å²) in [5.74, 6) is 1.95. The van der Waals surface area contributed by atoms with Gasteiger partial charge in [-0.3, -0.25) is 4.79 Å². The van der Waals surface area contributed by atoms with Gasteiger partial charge in [-0.15, -0.1) is 11.3 Å². The molecule has 1 amide bonds. The summed E-state index contributed by atoms with van der Waals surface area (Å²) in [7, 11) is 0. The van der Waals surface area contributed by atoms with E-state index in [-0.39, 0.29) is 11.8 Å². The second kappa shape index (κ2) is 7.29. The third-order valence-electron chi connectivity index (χ3n) is 4.36. The molecule has 0 aliphatic carbocycles. The van der Waals surface area contributed by atoms with Crippen molar-refractivity contribution in [3.05, 3.63) is 52.5 Å². The van der Waals surface area contributed by atoms with Gasteiger partial charge in [0.1, 0.15) is 5.75 Å². The van der Waals surface area contributed by atoms with E-state index >= 15 is 0 Å². The maximum Gasteiger partial charge on any atom is 0.232 e. The summed E-state index contributed by atoms with van der Waals surface area (Å²) >= 11 is 1.66. The average Bonchev–Trinajstić information content (AvgIpc) is 3.38. The molecule has 1 atom stereocenters. The minimum atomic E-state index is -0.0496. The number of benzene rings is 1. The first-order valence-electron chi connectivity index (χ1n) is 8.60. The number of ether oxygens (including phenoxy) is 1. The van der Waals surface area contributed by atoms with Crippen LogP contribution in [0.25, 0.3) is 11.4 Å². The fourth-order valence-corrected chi connectivity index (χ4v) is 3.79. The Bertz CT molecular complexity index is 874. The van der Waals surface area contributed by atoms with Crippen LogP contribution < -0.4 is 4.74 Å². The van der Waals surface area contributed by atoms with E-state index in [4.69, 9.17) is 9.26 Å². The Morgan fingerprint density at radius 1 is 1.31 bits per heavy atom. The van der Waals surface area contributed by atoms with Gasteiger partial charge in [0.15, 0.2) is 0 Å². The summed E-state index contributed by atoms with van der Waals surface area (Å²) in [4.78, 5) is 19.8. The van der Waals surface area contributed by atoms with E-state index < -0.39 is 0 Å². The minimum absolute atomic E-state index is 0.0496. The summed E-state index contributed by atoms with van der Waals surface area (Å²) in [5.41, 5.74) is 0.864. The quantitative estimate of drug-likeness (QED) is 0.662. The van der Waals surface area contributed by atoms with Crippen LogP contribution in [0, 0.1) is 0 Å². The van der Waals surface area contributed by atoms with Gasteiger partial charge in [-0.2, -0.15) is 4.98 Å². The van der Waals surface area contributed by atoms with Crippen molar-refractivity contribution < 1.29 is 14.1 Å². The van der Waals surface area contributed by atoms with Crippen LogP contribution in [0.15, 0.2) is 46.3 Å². The Labute approximate surface area is 155 Å². The van der Waals surface area contributed by atoms with Crippen LogP contribution in [0.4, 0.5) is 0 Å². The molecule has 1 aromatic carbocycles. The molecule has 1 fully saturated rings. The zero-order chi connectivity index (χ0) is 17.9. The molecule has 1 unspecified atom stereocenters. The van der Waals surface area contributed by atoms with Gasteiger partial charge in [0.25, 0.3) is 0 Å². The van der Waals surface area contributed by atoms with Crippen LogP contribution in [0.1, 0.15) is 30.0 Å². The van der Waals surface area contributed by atoms with Crippen molar-refractivity contribution in [2.75, 3.05) is 13.2 Å². The lowest BCUT2D eigenvalue weighted by atomic mass is 10.1. The summed E-state index contributed by atoms with van der Waals surface area (Å²) < 4.78 is 10.9. The van der Waals surface area contributed by atoms with Crippen molar-refractivity contribution >= 4 is 17.2 Å². The number of thiophene rings is 1. The van der Waals surface area contributed by atoms with E-state index in [0.29, 0.717) is 37.8 Å². The summed E-state index contributed by atoms with van der Waals surface area (Å²) in [6, 6.07) is 11.6. The first-order chi connectivity index (χ1) is 12.7. The first kappa shape index (κ1) is 16.8. The minimum Gasteiger partial charge on any atom is -0.494 e. The van der Waals surface area contributed by atoms with Crippen LogP contribution in [-0.2, 0) is 11.3 Å². The first-order valence-corrected chi connectivity index (χ1v) is 9.48. The molecule has 7 heteroatoms. The lowest BCUT2D eigenvalue weighted by molar-refractivity contribution is -0.128. The van der Waals surface area contributed by atoms with E-state index in [1.54, 1.807) is 11.3 Å². The van der Waals surface area contributed by atoms with Crippen molar-refractivity contribution in [2.24, 2.45) is 0 Å². The summed E-state index contributed by atoms with van der Waals surface area (Å²) in [5, 5.41) is 6.10. The molecular weight excluding hydrogens is 350 g/mol. The standard InChI is InChI=1S/C19H19N3O3S/c1-2-24-15-7-5-13(6-8-15)18-20-19(25-21-18)14-10-17(23)22(11-14)12-16-4-3-9-26-16/h3-9,14H,2,10-12H2,1H3. The Balaban J connectivity index is 1.45. The van der Waals surface area contributed by atoms with Crippen LogP contribution in [0.3, 0.4) is 0 Å². The number of hydrogen-bond donors (Lipinski definition) is 0. The van der Waals surface area contributed by atoms with Crippen molar-refractivity contribution in [3.63, 3.8) is 0 Å². The Morgan fingerprint density at radius 2 is 2.15 bits per heavy atom. The number of amides is 1. The molecule has 0 spiro atoms. The molecule has 0 saturated carbocycles. The van der Waals surface area contributed by atoms with Gasteiger partial charge in [-0.25, -0.2) is 0 Å². The van der Waals surface area contributed by atoms with Gasteiger partial charge in [0.05, 0.1) is 19.1 Å². The second-order valence-corrected chi connectivity index (χ2v) is 7.20. The second-order valence-electron chi connectivity index (χ2n) is 6.17. The highest BCUT2D eigenvalue weighted by Gasteiger charge is 2.34. The number of likely N-dealkylation sites (tertiary alicyclic amines) is 1. The molecule has 1 saturated heterocycles. The number of hydrogen-bond acceptors (Lipinski definition) is 6. The summed E-state index contributed by atoms with van der Waals surface area (Å²) in [6.07, 6.45) is 0.413. The highest BCUT2D eigenvalue weighted by Crippen LogP contribution is 2.30. The fraction of sp³-hybridized carbons (Fsp3) is 0.316. The van der Waals surface area contributed by atoms with Crippen molar-refractivity contribution in [1.29, 1.82) is 0 Å². The van der Waals surface area contributed by atoms with Crippen molar-refractivity contribution in [2.45, 2.75) is 25.8 Å². The molecule has 1 aliphatic heterocycles. The molecule has 6 nitrogen and oxygen atoms in total. The Hall–Kier alpha value is -2.67. The molecule has 3 heterocycles. The average molecular weight is 369 g/mol. The topological polar surface area (TPSA) is 68.5 Å². The Kier molecular flexibility index (Phi) is 4.71. The lowest BCUT2D eigenvalue weighted by Gasteiger charge is -2.14. The van der Waals surface area contributed by atoms with Gasteiger partial charge in [0, 0.05) is 23.4 Å². The predicted molar refractivity (Wildman–Crippen MR) is 98.0 cm³/mol. The molecule has 0 N–H and O–H groups in total. The number of rotatable bonds is 6. The number of carbonyl (C=O) groups is 1. The van der Waals surface area contributed by atoms with E-state index in [2.05, 4.69) is 10.1 Å². The Morgan fingerprint density at radius 3 is 2.88 bits per heavy atom. The van der Waals surface area contributed by atoms with Crippen molar-refractivity contribution in [3.8, 4) is 17.1 Å². The third kappa shape index (κ3) is 3.48. The third-order valence-corrected chi connectivity index (χ3v) is 5.22. The molecule has 134 valence electrons. The van der Waals surface area contributed by atoms with E-state index in [0.717, 1.165) is 11.3 Å². The molecule has 1 aliphatic rings. The zero-order valence-electron chi connectivity index (χ0n) is 14.4. The zero-order valence-corrected chi connectivity index (χ0v) is 15.2. The lowest BCUT2D eigenvalue weighted by Crippen LogP contribution is -2.23. The smallest absolute Gasteiger partial charge is 0.232 e. The number of carbonyl (C=O) groups excluding carboxylic acids is 1. The number of nitrogens with zero attached hydrogens (tertiary/aromatic N) is 3. The largest absolute Gasteiger partial charge is 0.494 e. The van der Waals surface area contributed by atoms with Gasteiger partial charge in [-0.1, -0.05) is 11.2 Å². The molecule has 4 rings (SSSR count). The summed E-state index contributed by atoms with van der Waals surface area (Å²) in [6.45, 7) is 3.84. The van der Waals surface area contributed by atoms with Crippen LogP contribution in [0.2, 0.25) is 0 Å². The van der Waals surface area contributed by atoms with E-state index in [9.17, 15) is 4.79 Å². The SMILES string of the molecule is CCOc1ccc(-c2noc(C3CC(=O)N(Cc4cccs4)C3)n2)cc1. The highest BCUT2D eigenvalue weighted by molar-refractivity contribution is 7.09. The van der Waals surface area contributed by atoms with E-state index in [1.807, 2.05) is 53.6 Å². The molecular formula is C19H19N3O3S. The maximum absolute atomic E-state index is 12.3. The monoisotopic (exact) mass is 369 g/mol. The molecule has 26 heavy (non-hydrogen) atoms. The van der Waals surface area contributed by atoms with Gasteiger partial charge >= 0.3 is 0 Å². The van der Waals surface area contributed by atoms with Crippen LogP contribution in [-0.4, -0.2) is 34.1 Å². The highest BCUT2D eigenvalue weighted by atomic mass is 32.1. The van der Waals surface area contributed by atoms with Gasteiger partial charge in [-0.05, 0) is 42.6 Å². The molecule has 3 aromatic rings. The predicted octanol–water partition coefficient (Wildman–Crippen LogP) is 3.71. The van der Waals surface area contributed by atoms with Gasteiger partial charge < -0.3 is 14.2 Å². The van der Waals surface area contributed by atoms with E-state index in [1.165, 1.54) is 4.88 Å². The number of aromatic nitrogens is 2. The maximum atomic E-state index is 12.3. The van der Waals surface area contributed by atoms with Crippen LogP contribution in [0.5, 0.6) is 5.75 Å². The molecule has 0 bridgehead atoms. The van der Waals surface area contributed by atoms with Crippen molar-refractivity contribution in [1.82, 2.24) is 15.0 Å². The van der Waals surface area contributed by atoms with Gasteiger partial charge in [0.2, 0.25) is 17.6 Å². The molecule has 0 radical (unpaired) electrons. The molecule has 2 aromatic heterocycles.